The lowest BCUT2D eigenvalue weighted by atomic mass is 10.0. The molecule has 0 atom stereocenters. The van der Waals surface area contributed by atoms with Crippen molar-refractivity contribution in [1.82, 2.24) is 4.98 Å². The van der Waals surface area contributed by atoms with Gasteiger partial charge >= 0.3 is 5.97 Å². The summed E-state index contributed by atoms with van der Waals surface area (Å²) in [4.78, 5) is 18.1. The predicted molar refractivity (Wildman–Crippen MR) is 79.6 cm³/mol. The zero-order valence-corrected chi connectivity index (χ0v) is 12.2. The molecule has 0 saturated heterocycles. The molecule has 0 bridgehead atoms. The average molecular weight is 288 g/mol. The van der Waals surface area contributed by atoms with Gasteiger partial charge in [-0.3, -0.25) is 4.79 Å². The number of thiazole rings is 1. The van der Waals surface area contributed by atoms with Crippen molar-refractivity contribution in [2.45, 2.75) is 19.3 Å². The van der Waals surface area contributed by atoms with Gasteiger partial charge in [-0.25, -0.2) is 4.98 Å². The molecule has 5 heteroatoms. The Kier molecular flexibility index (Phi) is 3.69. The highest BCUT2D eigenvalue weighted by Gasteiger charge is 2.20. The largest absolute Gasteiger partial charge is 0.469 e. The van der Waals surface area contributed by atoms with Crippen LogP contribution in [0.4, 0.5) is 10.8 Å². The first kappa shape index (κ1) is 13.1. The van der Waals surface area contributed by atoms with Crippen LogP contribution in [0, 0.1) is 0 Å². The number of anilines is 2. The lowest BCUT2D eigenvalue weighted by Gasteiger charge is -2.28. The van der Waals surface area contributed by atoms with E-state index in [-0.39, 0.29) is 12.4 Å². The van der Waals surface area contributed by atoms with Crippen LogP contribution in [0.1, 0.15) is 17.7 Å². The minimum Gasteiger partial charge on any atom is -0.469 e. The predicted octanol–water partition coefficient (Wildman–Crippen LogP) is 2.94. The van der Waals surface area contributed by atoms with Crippen molar-refractivity contribution in [3.05, 3.63) is 40.9 Å². The summed E-state index contributed by atoms with van der Waals surface area (Å²) in [5.74, 6) is -0.249. The van der Waals surface area contributed by atoms with Crippen LogP contribution < -0.4 is 4.90 Å². The fourth-order valence-electron chi connectivity index (χ4n) is 2.45. The van der Waals surface area contributed by atoms with E-state index in [4.69, 9.17) is 0 Å². The third kappa shape index (κ3) is 2.54. The zero-order valence-electron chi connectivity index (χ0n) is 11.3. The number of benzene rings is 1. The van der Waals surface area contributed by atoms with Gasteiger partial charge < -0.3 is 9.64 Å². The molecule has 1 aliphatic rings. The van der Waals surface area contributed by atoms with Crippen molar-refractivity contribution < 1.29 is 9.53 Å². The number of methoxy groups -OCH3 is 1. The van der Waals surface area contributed by atoms with Crippen LogP contribution in [0.3, 0.4) is 0 Å². The SMILES string of the molecule is COC(=O)Cc1csc(N2CCCc3ccccc32)n1. The third-order valence-corrected chi connectivity index (χ3v) is 4.35. The normalized spacial score (nSPS) is 13.9. The molecule has 4 nitrogen and oxygen atoms in total. The number of carbonyl (C=O) groups excluding carboxylic acids is 1. The molecular formula is C15H16N2O2S. The van der Waals surface area contributed by atoms with Crippen LogP contribution in [0.15, 0.2) is 29.6 Å². The molecule has 1 aromatic carbocycles. The molecule has 0 fully saturated rings. The summed E-state index contributed by atoms with van der Waals surface area (Å²) >= 11 is 1.58. The van der Waals surface area contributed by atoms with E-state index >= 15 is 0 Å². The number of rotatable bonds is 3. The number of aromatic nitrogens is 1. The summed E-state index contributed by atoms with van der Waals surface area (Å²) in [6, 6.07) is 8.44. The lowest BCUT2D eigenvalue weighted by molar-refractivity contribution is -0.139. The highest BCUT2D eigenvalue weighted by Crippen LogP contribution is 2.34. The smallest absolute Gasteiger partial charge is 0.311 e. The molecule has 0 aliphatic carbocycles. The van der Waals surface area contributed by atoms with Crippen molar-refractivity contribution in [2.24, 2.45) is 0 Å². The van der Waals surface area contributed by atoms with Crippen LogP contribution in [-0.4, -0.2) is 24.6 Å². The Bertz CT molecular complexity index is 624. The van der Waals surface area contributed by atoms with Gasteiger partial charge in [0.2, 0.25) is 0 Å². The van der Waals surface area contributed by atoms with Gasteiger partial charge in [0.05, 0.1) is 19.2 Å². The molecule has 0 unspecified atom stereocenters. The number of nitrogens with zero attached hydrogens (tertiary/aromatic N) is 2. The quantitative estimate of drug-likeness (QED) is 0.814. The zero-order chi connectivity index (χ0) is 13.9. The Hall–Kier alpha value is -1.88. The second kappa shape index (κ2) is 5.63. The van der Waals surface area contributed by atoms with Crippen molar-refractivity contribution in [3.8, 4) is 0 Å². The number of hydrogen-bond acceptors (Lipinski definition) is 5. The fourth-order valence-corrected chi connectivity index (χ4v) is 3.32. The molecule has 0 N–H and O–H groups in total. The average Bonchev–Trinajstić information content (AvgIpc) is 2.94. The molecule has 3 rings (SSSR count). The number of para-hydroxylation sites is 1. The number of ether oxygens (including phenoxy) is 1. The van der Waals surface area contributed by atoms with E-state index < -0.39 is 0 Å². The molecule has 0 saturated carbocycles. The van der Waals surface area contributed by atoms with Gasteiger partial charge in [0.25, 0.3) is 0 Å². The van der Waals surface area contributed by atoms with Crippen molar-refractivity contribution in [2.75, 3.05) is 18.6 Å². The molecular weight excluding hydrogens is 272 g/mol. The van der Waals surface area contributed by atoms with Crippen molar-refractivity contribution in [3.63, 3.8) is 0 Å². The van der Waals surface area contributed by atoms with Gasteiger partial charge in [0.1, 0.15) is 0 Å². The molecule has 2 heterocycles. The van der Waals surface area contributed by atoms with E-state index in [9.17, 15) is 4.79 Å². The minimum atomic E-state index is -0.249. The maximum atomic E-state index is 11.3. The number of fused-ring (bicyclic) bond motifs is 1. The topological polar surface area (TPSA) is 42.4 Å². The summed E-state index contributed by atoms with van der Waals surface area (Å²) in [6.07, 6.45) is 2.48. The second-order valence-corrected chi connectivity index (χ2v) is 5.59. The number of carbonyl (C=O) groups is 1. The molecule has 2 aromatic rings. The van der Waals surface area contributed by atoms with Crippen LogP contribution in [0.2, 0.25) is 0 Å². The summed E-state index contributed by atoms with van der Waals surface area (Å²) in [6.45, 7) is 0.974. The van der Waals surface area contributed by atoms with E-state index in [0.717, 1.165) is 30.2 Å². The van der Waals surface area contributed by atoms with Gasteiger partial charge in [0, 0.05) is 17.6 Å². The van der Waals surface area contributed by atoms with Gasteiger partial charge in [-0.15, -0.1) is 11.3 Å². The van der Waals surface area contributed by atoms with E-state index in [1.807, 2.05) is 5.38 Å². The van der Waals surface area contributed by atoms with Crippen LogP contribution in [0.25, 0.3) is 0 Å². The fraction of sp³-hybridized carbons (Fsp3) is 0.333. The molecule has 104 valence electrons. The highest BCUT2D eigenvalue weighted by molar-refractivity contribution is 7.13. The second-order valence-electron chi connectivity index (χ2n) is 4.76. The summed E-state index contributed by atoms with van der Waals surface area (Å²) in [7, 11) is 1.40. The van der Waals surface area contributed by atoms with E-state index in [1.165, 1.54) is 18.4 Å². The maximum Gasteiger partial charge on any atom is 0.311 e. The highest BCUT2D eigenvalue weighted by atomic mass is 32.1. The Morgan fingerprint density at radius 1 is 1.45 bits per heavy atom. The number of hydrogen-bond donors (Lipinski definition) is 0. The Balaban J connectivity index is 1.85. The van der Waals surface area contributed by atoms with Gasteiger partial charge in [0.15, 0.2) is 5.13 Å². The summed E-state index contributed by atoms with van der Waals surface area (Å²) in [5.41, 5.74) is 3.38. The molecule has 1 aliphatic heterocycles. The first-order valence-corrected chi connectivity index (χ1v) is 7.52. The summed E-state index contributed by atoms with van der Waals surface area (Å²) < 4.78 is 4.68. The number of esters is 1. The molecule has 0 amide bonds. The Morgan fingerprint density at radius 2 is 2.30 bits per heavy atom. The monoisotopic (exact) mass is 288 g/mol. The van der Waals surface area contributed by atoms with Gasteiger partial charge in [-0.1, -0.05) is 18.2 Å². The lowest BCUT2D eigenvalue weighted by Crippen LogP contribution is -2.24. The van der Waals surface area contributed by atoms with E-state index in [2.05, 4.69) is 38.9 Å². The maximum absolute atomic E-state index is 11.3. The van der Waals surface area contributed by atoms with E-state index in [1.54, 1.807) is 11.3 Å². The Morgan fingerprint density at radius 3 is 3.15 bits per heavy atom. The molecule has 20 heavy (non-hydrogen) atoms. The minimum absolute atomic E-state index is 0.239. The van der Waals surface area contributed by atoms with E-state index in [0.29, 0.717) is 0 Å². The molecule has 0 radical (unpaired) electrons. The van der Waals surface area contributed by atoms with Crippen LogP contribution in [-0.2, 0) is 22.4 Å². The first-order chi connectivity index (χ1) is 9.78. The third-order valence-electron chi connectivity index (χ3n) is 3.43. The van der Waals surface area contributed by atoms with Gasteiger partial charge in [-0.2, -0.15) is 0 Å². The van der Waals surface area contributed by atoms with Gasteiger partial charge in [-0.05, 0) is 24.5 Å². The number of aryl methyl sites for hydroxylation is 1. The van der Waals surface area contributed by atoms with Crippen molar-refractivity contribution >= 4 is 28.1 Å². The first-order valence-electron chi connectivity index (χ1n) is 6.64. The molecule has 1 aromatic heterocycles. The van der Waals surface area contributed by atoms with Crippen molar-refractivity contribution in [1.29, 1.82) is 0 Å². The molecule has 0 spiro atoms. The van der Waals surface area contributed by atoms with Crippen LogP contribution in [0.5, 0.6) is 0 Å². The summed E-state index contributed by atoms with van der Waals surface area (Å²) in [5, 5.41) is 2.89. The standard InChI is InChI=1S/C15H16N2O2S/c1-19-14(18)9-12-10-20-15(16-12)17-8-4-6-11-5-2-3-7-13(11)17/h2-3,5,7,10H,4,6,8-9H2,1H3. The Labute approximate surface area is 122 Å². The van der Waals surface area contributed by atoms with Crippen LogP contribution >= 0.6 is 11.3 Å².